The Bertz CT molecular complexity index is 658. The third-order valence-corrected chi connectivity index (χ3v) is 3.82. The van der Waals surface area contributed by atoms with Gasteiger partial charge >= 0.3 is 18.3 Å². The molecule has 0 bridgehead atoms. The number of carboxylic acid groups (broad SMARTS) is 1. The minimum Gasteiger partial charge on any atom is -0.478 e. The van der Waals surface area contributed by atoms with Crippen LogP contribution in [0.25, 0.3) is 0 Å². The number of halogens is 6. The molecule has 0 unspecified atom stereocenters. The summed E-state index contributed by atoms with van der Waals surface area (Å²) in [5.41, 5.74) is -3.00. The van der Waals surface area contributed by atoms with Crippen LogP contribution in [0.3, 0.4) is 0 Å². The quantitative estimate of drug-likeness (QED) is 0.763. The molecule has 0 saturated carbocycles. The lowest BCUT2D eigenvalue weighted by Gasteiger charge is -2.20. The highest BCUT2D eigenvalue weighted by Gasteiger charge is 2.37. The average molecular weight is 368 g/mol. The monoisotopic (exact) mass is 368 g/mol. The van der Waals surface area contributed by atoms with Crippen LogP contribution in [0.15, 0.2) is 29.8 Å². The van der Waals surface area contributed by atoms with Crippen molar-refractivity contribution >= 4 is 5.97 Å². The minimum absolute atomic E-state index is 0.0498. The van der Waals surface area contributed by atoms with Crippen LogP contribution < -0.4 is 0 Å². The molecule has 2 atom stereocenters. The maximum atomic E-state index is 12.9. The largest absolute Gasteiger partial charge is 0.478 e. The molecule has 0 fully saturated rings. The second-order valence-corrected chi connectivity index (χ2v) is 5.69. The van der Waals surface area contributed by atoms with Gasteiger partial charge in [0, 0.05) is 5.57 Å². The first-order valence-corrected chi connectivity index (χ1v) is 7.26. The zero-order chi connectivity index (χ0) is 19.0. The van der Waals surface area contributed by atoms with Crippen LogP contribution in [0.4, 0.5) is 26.3 Å². The van der Waals surface area contributed by atoms with Gasteiger partial charge in [0.15, 0.2) is 0 Å². The molecule has 0 heterocycles. The number of hydrogen-bond acceptors (Lipinski definition) is 2. The van der Waals surface area contributed by atoms with Crippen molar-refractivity contribution in [2.75, 3.05) is 0 Å². The Labute approximate surface area is 138 Å². The topological polar surface area (TPSA) is 46.5 Å². The van der Waals surface area contributed by atoms with Crippen molar-refractivity contribution in [3.63, 3.8) is 0 Å². The zero-order valence-electron chi connectivity index (χ0n) is 12.9. The standard InChI is InChI=1S/C16H14F6O3/c1-8(25-13-3-2-9(6-13)14(23)24)10-4-11(15(17,18)19)7-12(5-10)16(20,21)22/h4-8,13H,2-3H2,1H3,(H,23,24)/t8-,13+/m1/s1. The lowest BCUT2D eigenvalue weighted by molar-refractivity contribution is -0.143. The van der Waals surface area contributed by atoms with Gasteiger partial charge in [0.1, 0.15) is 0 Å². The van der Waals surface area contributed by atoms with Gasteiger partial charge in [0.05, 0.1) is 23.3 Å². The summed E-state index contributed by atoms with van der Waals surface area (Å²) in [6.45, 7) is 1.32. The van der Waals surface area contributed by atoms with E-state index in [1.54, 1.807) is 0 Å². The highest BCUT2D eigenvalue weighted by molar-refractivity contribution is 5.87. The number of alkyl halides is 6. The van der Waals surface area contributed by atoms with E-state index in [0.29, 0.717) is 18.6 Å². The molecule has 0 amide bonds. The fourth-order valence-electron chi connectivity index (χ4n) is 2.53. The van der Waals surface area contributed by atoms with E-state index in [9.17, 15) is 31.1 Å². The summed E-state index contributed by atoms with van der Waals surface area (Å²) >= 11 is 0. The molecule has 1 aromatic rings. The van der Waals surface area contributed by atoms with Crippen LogP contribution >= 0.6 is 0 Å². The van der Waals surface area contributed by atoms with Gasteiger partial charge < -0.3 is 9.84 Å². The van der Waals surface area contributed by atoms with E-state index < -0.39 is 41.7 Å². The molecule has 3 nitrogen and oxygen atoms in total. The van der Waals surface area contributed by atoms with Crippen molar-refractivity contribution in [3.05, 3.63) is 46.5 Å². The van der Waals surface area contributed by atoms with E-state index in [0.717, 1.165) is 0 Å². The summed E-state index contributed by atoms with van der Waals surface area (Å²) in [6, 6.07) is 1.27. The van der Waals surface area contributed by atoms with E-state index in [4.69, 9.17) is 9.84 Å². The van der Waals surface area contributed by atoms with Gasteiger partial charge in [0.2, 0.25) is 0 Å². The molecule has 0 spiro atoms. The Hall–Kier alpha value is -2.03. The third-order valence-electron chi connectivity index (χ3n) is 3.82. The highest BCUT2D eigenvalue weighted by Crippen LogP contribution is 2.38. The molecule has 9 heteroatoms. The second-order valence-electron chi connectivity index (χ2n) is 5.69. The van der Waals surface area contributed by atoms with E-state index in [2.05, 4.69) is 0 Å². The van der Waals surface area contributed by atoms with Crippen molar-refractivity contribution in [1.29, 1.82) is 0 Å². The first kappa shape index (κ1) is 19.3. The Morgan fingerprint density at radius 2 is 1.64 bits per heavy atom. The lowest BCUT2D eigenvalue weighted by atomic mass is 10.0. The smallest absolute Gasteiger partial charge is 0.416 e. The van der Waals surface area contributed by atoms with Crippen LogP contribution in [0.1, 0.15) is 42.6 Å². The second kappa shape index (κ2) is 6.70. The summed E-state index contributed by atoms with van der Waals surface area (Å²) in [4.78, 5) is 10.8. The maximum absolute atomic E-state index is 12.9. The van der Waals surface area contributed by atoms with E-state index in [-0.39, 0.29) is 23.6 Å². The van der Waals surface area contributed by atoms with Gasteiger partial charge in [-0.05, 0) is 49.6 Å². The van der Waals surface area contributed by atoms with Crippen LogP contribution in [0, 0.1) is 0 Å². The molecule has 0 aliphatic heterocycles. The predicted molar refractivity (Wildman–Crippen MR) is 74.7 cm³/mol. The Balaban J connectivity index is 2.30. The number of carboxylic acids is 1. The summed E-state index contributed by atoms with van der Waals surface area (Å²) in [5.74, 6) is -1.13. The van der Waals surface area contributed by atoms with Crippen LogP contribution in [-0.2, 0) is 21.9 Å². The summed E-state index contributed by atoms with van der Waals surface area (Å²) in [5, 5.41) is 8.86. The minimum atomic E-state index is -4.93. The third kappa shape index (κ3) is 4.75. The molecule has 0 radical (unpaired) electrons. The number of benzene rings is 1. The SMILES string of the molecule is C[C@@H](O[C@@H]1C=C(C(=O)O)CC1)c1cc(C(F)(F)F)cc(C(F)(F)F)c1. The predicted octanol–water partition coefficient (Wildman–Crippen LogP) is 4.98. The molecule has 1 aliphatic rings. The Morgan fingerprint density at radius 1 is 1.12 bits per heavy atom. The van der Waals surface area contributed by atoms with Gasteiger partial charge in [-0.3, -0.25) is 0 Å². The van der Waals surface area contributed by atoms with Crippen molar-refractivity contribution in [1.82, 2.24) is 0 Å². The van der Waals surface area contributed by atoms with Crippen molar-refractivity contribution < 1.29 is 41.0 Å². The molecule has 0 aromatic heterocycles. The van der Waals surface area contributed by atoms with Gasteiger partial charge in [-0.2, -0.15) is 26.3 Å². The molecule has 1 N–H and O–H groups in total. The maximum Gasteiger partial charge on any atom is 0.416 e. The number of rotatable bonds is 4. The number of carbonyl (C=O) groups is 1. The van der Waals surface area contributed by atoms with E-state index >= 15 is 0 Å². The Kier molecular flexibility index (Phi) is 5.17. The molecule has 0 saturated heterocycles. The fraction of sp³-hybridized carbons (Fsp3) is 0.438. The number of aliphatic carboxylic acids is 1. The van der Waals surface area contributed by atoms with Gasteiger partial charge in [-0.15, -0.1) is 0 Å². The normalized spacial score (nSPS) is 19.6. The van der Waals surface area contributed by atoms with Crippen LogP contribution in [0.5, 0.6) is 0 Å². The first-order valence-electron chi connectivity index (χ1n) is 7.26. The summed E-state index contributed by atoms with van der Waals surface area (Å²) in [6.07, 6.45) is -9.77. The van der Waals surface area contributed by atoms with Crippen LogP contribution in [-0.4, -0.2) is 17.2 Å². The first-order chi connectivity index (χ1) is 11.4. The zero-order valence-corrected chi connectivity index (χ0v) is 12.9. The fourth-order valence-corrected chi connectivity index (χ4v) is 2.53. The molecule has 25 heavy (non-hydrogen) atoms. The highest BCUT2D eigenvalue weighted by atomic mass is 19.4. The molecular weight excluding hydrogens is 354 g/mol. The molecule has 1 aromatic carbocycles. The molecule has 138 valence electrons. The van der Waals surface area contributed by atoms with Crippen LogP contribution in [0.2, 0.25) is 0 Å². The Morgan fingerprint density at radius 3 is 2.04 bits per heavy atom. The van der Waals surface area contributed by atoms with Crippen molar-refractivity contribution in [2.24, 2.45) is 0 Å². The lowest BCUT2D eigenvalue weighted by Crippen LogP contribution is -2.15. The summed E-state index contributed by atoms with van der Waals surface area (Å²) in [7, 11) is 0. The average Bonchev–Trinajstić information content (AvgIpc) is 2.93. The van der Waals surface area contributed by atoms with Crippen molar-refractivity contribution in [3.8, 4) is 0 Å². The molecular formula is C16H14F6O3. The number of hydrogen-bond donors (Lipinski definition) is 1. The summed E-state index contributed by atoms with van der Waals surface area (Å²) < 4.78 is 82.6. The van der Waals surface area contributed by atoms with Gasteiger partial charge in [-0.25, -0.2) is 4.79 Å². The van der Waals surface area contributed by atoms with Gasteiger partial charge in [-0.1, -0.05) is 0 Å². The van der Waals surface area contributed by atoms with Gasteiger partial charge in [0.25, 0.3) is 0 Å². The van der Waals surface area contributed by atoms with E-state index in [1.807, 2.05) is 0 Å². The molecule has 1 aliphatic carbocycles. The number of ether oxygens (including phenoxy) is 1. The van der Waals surface area contributed by atoms with Crippen molar-refractivity contribution in [2.45, 2.75) is 44.3 Å². The molecule has 2 rings (SSSR count). The van der Waals surface area contributed by atoms with E-state index in [1.165, 1.54) is 13.0 Å².